The van der Waals surface area contributed by atoms with Crippen LogP contribution in [0.25, 0.3) is 6.08 Å². The summed E-state index contributed by atoms with van der Waals surface area (Å²) in [6.45, 7) is 4.80. The third kappa shape index (κ3) is 4.96. The molecule has 0 aliphatic rings. The average molecular weight is 231 g/mol. The summed E-state index contributed by atoms with van der Waals surface area (Å²) in [5.74, 6) is 0.228. The van der Waals surface area contributed by atoms with Gasteiger partial charge >= 0.3 is 0 Å². The maximum absolute atomic E-state index is 11.8. The number of hydrogen-bond donors (Lipinski definition) is 0. The Morgan fingerprint density at radius 2 is 2.12 bits per heavy atom. The molecule has 0 aromatic heterocycles. The van der Waals surface area contributed by atoms with Crippen molar-refractivity contribution >= 4 is 11.9 Å². The van der Waals surface area contributed by atoms with Gasteiger partial charge in [0.05, 0.1) is 0 Å². The molecular weight excluding hydrogens is 210 g/mol. The molecule has 0 radical (unpaired) electrons. The number of ketones is 1. The summed E-state index contributed by atoms with van der Waals surface area (Å²) < 4.78 is 0. The van der Waals surface area contributed by atoms with Gasteiger partial charge in [-0.05, 0) is 32.7 Å². The highest BCUT2D eigenvalue weighted by Gasteiger charge is 2.10. The Morgan fingerprint density at radius 3 is 2.71 bits per heavy atom. The quantitative estimate of drug-likeness (QED) is 0.726. The molecule has 1 aromatic carbocycles. The second-order valence-electron chi connectivity index (χ2n) is 4.81. The van der Waals surface area contributed by atoms with Crippen LogP contribution in [0.5, 0.6) is 0 Å². The lowest BCUT2D eigenvalue weighted by molar-refractivity contribution is -0.118. The molecule has 0 heterocycles. The van der Waals surface area contributed by atoms with E-state index in [-0.39, 0.29) is 11.7 Å². The van der Waals surface area contributed by atoms with E-state index in [0.29, 0.717) is 0 Å². The molecule has 2 heteroatoms. The minimum atomic E-state index is 0.0473. The zero-order valence-corrected chi connectivity index (χ0v) is 11.1. The maximum Gasteiger partial charge on any atom is 0.159 e. The van der Waals surface area contributed by atoms with E-state index in [1.807, 2.05) is 57.1 Å². The van der Waals surface area contributed by atoms with Gasteiger partial charge in [-0.3, -0.25) is 4.79 Å². The van der Waals surface area contributed by atoms with Crippen molar-refractivity contribution in [2.24, 2.45) is 5.92 Å². The van der Waals surface area contributed by atoms with Crippen LogP contribution in [-0.2, 0) is 4.79 Å². The summed E-state index contributed by atoms with van der Waals surface area (Å²) in [5.41, 5.74) is 2.29. The number of aryl methyl sites for hydroxylation is 1. The molecule has 0 unspecified atom stereocenters. The highest BCUT2D eigenvalue weighted by molar-refractivity contribution is 5.95. The fourth-order valence-electron chi connectivity index (χ4n) is 1.75. The van der Waals surface area contributed by atoms with E-state index in [1.54, 1.807) is 6.08 Å². The molecule has 2 nitrogen and oxygen atoms in total. The summed E-state index contributed by atoms with van der Waals surface area (Å²) >= 11 is 0. The van der Waals surface area contributed by atoms with E-state index in [1.165, 1.54) is 5.56 Å². The Bertz CT molecular complexity index is 407. The van der Waals surface area contributed by atoms with E-state index in [4.69, 9.17) is 0 Å². The van der Waals surface area contributed by atoms with Crippen LogP contribution < -0.4 is 0 Å². The molecule has 0 saturated carbocycles. The molecule has 17 heavy (non-hydrogen) atoms. The zero-order chi connectivity index (χ0) is 12.8. The SMILES string of the molecule is Cc1cccc(/C=C/C(=O)[C@H](C)CN(C)C)c1. The largest absolute Gasteiger partial charge is 0.309 e. The second-order valence-corrected chi connectivity index (χ2v) is 4.81. The molecule has 0 bridgehead atoms. The molecule has 1 aromatic rings. The van der Waals surface area contributed by atoms with Gasteiger partial charge in [-0.1, -0.05) is 42.8 Å². The lowest BCUT2D eigenvalue weighted by Gasteiger charge is -2.13. The molecular formula is C15H21NO. The van der Waals surface area contributed by atoms with Crippen molar-refractivity contribution in [2.45, 2.75) is 13.8 Å². The van der Waals surface area contributed by atoms with Crippen molar-refractivity contribution < 1.29 is 4.79 Å². The highest BCUT2D eigenvalue weighted by atomic mass is 16.1. The molecule has 0 aliphatic heterocycles. The van der Waals surface area contributed by atoms with Crippen molar-refractivity contribution in [3.05, 3.63) is 41.5 Å². The molecule has 0 spiro atoms. The molecule has 0 fully saturated rings. The fourth-order valence-corrected chi connectivity index (χ4v) is 1.75. The minimum absolute atomic E-state index is 0.0473. The average Bonchev–Trinajstić information content (AvgIpc) is 2.25. The minimum Gasteiger partial charge on any atom is -0.309 e. The number of carbonyl (C=O) groups is 1. The number of rotatable bonds is 5. The van der Waals surface area contributed by atoms with Gasteiger partial charge in [-0.15, -0.1) is 0 Å². The number of benzene rings is 1. The Labute approximate surface area is 104 Å². The van der Waals surface area contributed by atoms with Gasteiger partial charge in [0, 0.05) is 12.5 Å². The number of allylic oxidation sites excluding steroid dienone is 1. The Kier molecular flexibility index (Phi) is 5.11. The summed E-state index contributed by atoms with van der Waals surface area (Å²) in [7, 11) is 3.96. The van der Waals surface area contributed by atoms with E-state index in [0.717, 1.165) is 12.1 Å². The monoisotopic (exact) mass is 231 g/mol. The molecule has 0 N–H and O–H groups in total. The van der Waals surface area contributed by atoms with Crippen molar-refractivity contribution in [3.63, 3.8) is 0 Å². The maximum atomic E-state index is 11.8. The third-order valence-corrected chi connectivity index (χ3v) is 2.61. The summed E-state index contributed by atoms with van der Waals surface area (Å²) in [5, 5.41) is 0. The van der Waals surface area contributed by atoms with Crippen molar-refractivity contribution in [1.82, 2.24) is 4.90 Å². The third-order valence-electron chi connectivity index (χ3n) is 2.61. The Balaban J connectivity index is 2.62. The van der Waals surface area contributed by atoms with Gasteiger partial charge in [0.25, 0.3) is 0 Å². The van der Waals surface area contributed by atoms with E-state index < -0.39 is 0 Å². The van der Waals surface area contributed by atoms with E-state index in [9.17, 15) is 4.79 Å². The topological polar surface area (TPSA) is 20.3 Å². The van der Waals surface area contributed by atoms with E-state index >= 15 is 0 Å². The summed E-state index contributed by atoms with van der Waals surface area (Å²) in [4.78, 5) is 13.9. The van der Waals surface area contributed by atoms with Crippen LogP contribution in [0.1, 0.15) is 18.1 Å². The van der Waals surface area contributed by atoms with Crippen molar-refractivity contribution in [2.75, 3.05) is 20.6 Å². The summed E-state index contributed by atoms with van der Waals surface area (Å²) in [6.07, 6.45) is 3.57. The highest BCUT2D eigenvalue weighted by Crippen LogP contribution is 2.07. The lowest BCUT2D eigenvalue weighted by atomic mass is 10.0. The Hall–Kier alpha value is -1.41. The summed E-state index contributed by atoms with van der Waals surface area (Å²) in [6, 6.07) is 8.13. The van der Waals surface area contributed by atoms with Crippen LogP contribution in [0.15, 0.2) is 30.3 Å². The lowest BCUT2D eigenvalue weighted by Crippen LogP contribution is -2.24. The molecule has 1 atom stereocenters. The zero-order valence-electron chi connectivity index (χ0n) is 11.1. The first kappa shape index (κ1) is 13.7. The van der Waals surface area contributed by atoms with Crippen LogP contribution in [0.4, 0.5) is 0 Å². The Morgan fingerprint density at radius 1 is 1.41 bits per heavy atom. The van der Waals surface area contributed by atoms with Gasteiger partial charge in [-0.2, -0.15) is 0 Å². The number of carbonyl (C=O) groups excluding carboxylic acids is 1. The first-order chi connectivity index (χ1) is 7.99. The number of hydrogen-bond acceptors (Lipinski definition) is 2. The van der Waals surface area contributed by atoms with Gasteiger partial charge in [0.1, 0.15) is 0 Å². The van der Waals surface area contributed by atoms with Crippen molar-refractivity contribution in [3.8, 4) is 0 Å². The predicted octanol–water partition coefficient (Wildman–Crippen LogP) is 2.78. The predicted molar refractivity (Wildman–Crippen MR) is 72.9 cm³/mol. The van der Waals surface area contributed by atoms with Crippen LogP contribution in [0, 0.1) is 12.8 Å². The normalized spacial score (nSPS) is 13.2. The smallest absolute Gasteiger partial charge is 0.159 e. The second kappa shape index (κ2) is 6.36. The molecule has 0 aliphatic carbocycles. The first-order valence-electron chi connectivity index (χ1n) is 5.92. The van der Waals surface area contributed by atoms with Gasteiger partial charge in [0.2, 0.25) is 0 Å². The molecule has 0 amide bonds. The molecule has 0 saturated heterocycles. The first-order valence-corrected chi connectivity index (χ1v) is 5.92. The van der Waals surface area contributed by atoms with Gasteiger partial charge in [-0.25, -0.2) is 0 Å². The molecule has 1 rings (SSSR count). The van der Waals surface area contributed by atoms with E-state index in [2.05, 4.69) is 6.07 Å². The standard InChI is InChI=1S/C15H21NO/c1-12-6-5-7-14(10-12)8-9-15(17)13(2)11-16(3)4/h5-10,13H,11H2,1-4H3/b9-8+/t13-/m1/s1. The van der Waals surface area contributed by atoms with Crippen LogP contribution in [0.3, 0.4) is 0 Å². The van der Waals surface area contributed by atoms with Crippen LogP contribution >= 0.6 is 0 Å². The van der Waals surface area contributed by atoms with Crippen molar-refractivity contribution in [1.29, 1.82) is 0 Å². The fraction of sp³-hybridized carbons (Fsp3) is 0.400. The molecule has 92 valence electrons. The number of nitrogens with zero attached hydrogens (tertiary/aromatic N) is 1. The van der Waals surface area contributed by atoms with Gasteiger partial charge < -0.3 is 4.90 Å². The van der Waals surface area contributed by atoms with Crippen LogP contribution in [-0.4, -0.2) is 31.3 Å². The van der Waals surface area contributed by atoms with Gasteiger partial charge in [0.15, 0.2) is 5.78 Å². The van der Waals surface area contributed by atoms with Crippen LogP contribution in [0.2, 0.25) is 0 Å².